The molecule has 2 aliphatic carbocycles. The summed E-state index contributed by atoms with van der Waals surface area (Å²) in [5.41, 5.74) is 1.83. The monoisotopic (exact) mass is 304 g/mol. The van der Waals surface area contributed by atoms with Crippen LogP contribution in [0.1, 0.15) is 64.2 Å². The smallest absolute Gasteiger partial charge is 0.113 e. The Morgan fingerprint density at radius 1 is 0.955 bits per heavy atom. The maximum absolute atomic E-state index is 6.77. The van der Waals surface area contributed by atoms with Crippen LogP contribution in [0.2, 0.25) is 0 Å². The fourth-order valence-corrected chi connectivity index (χ4v) is 5.77. The second-order valence-corrected chi connectivity index (χ2v) is 8.66. The van der Waals surface area contributed by atoms with Crippen LogP contribution in [0.4, 0.5) is 0 Å². The standard InChI is InChI=1S/C20H34NO/c1-21(13-7-2-8-14-21)15-20-18-11-4-3-9-16(18)17-10-5-6-12-19(17)22-20/h9,17-20H,2-8,10-15H2,1H3/q+1/t17-,18-,19-,20+/m0/s1. The predicted octanol–water partition coefficient (Wildman–Crippen LogP) is 4.30. The number of allylic oxidation sites excluding steroid dienone is 1. The molecule has 2 nitrogen and oxygen atoms in total. The Morgan fingerprint density at radius 3 is 2.59 bits per heavy atom. The molecular weight excluding hydrogens is 270 g/mol. The average molecular weight is 304 g/mol. The summed E-state index contributed by atoms with van der Waals surface area (Å²) >= 11 is 0. The van der Waals surface area contributed by atoms with Crippen molar-refractivity contribution >= 4 is 0 Å². The number of hydrogen-bond acceptors (Lipinski definition) is 1. The molecule has 22 heavy (non-hydrogen) atoms. The topological polar surface area (TPSA) is 9.23 Å². The molecule has 0 unspecified atom stereocenters. The number of quaternary nitrogens is 1. The van der Waals surface area contributed by atoms with E-state index >= 15 is 0 Å². The van der Waals surface area contributed by atoms with Gasteiger partial charge in [-0.3, -0.25) is 0 Å². The predicted molar refractivity (Wildman–Crippen MR) is 90.7 cm³/mol. The molecule has 2 saturated heterocycles. The normalized spacial score (nSPS) is 41.2. The summed E-state index contributed by atoms with van der Waals surface area (Å²) in [6, 6.07) is 0. The fourth-order valence-electron chi connectivity index (χ4n) is 5.77. The maximum atomic E-state index is 6.77. The fraction of sp³-hybridized carbons (Fsp3) is 0.900. The minimum atomic E-state index is 0.508. The number of ether oxygens (including phenoxy) is 1. The van der Waals surface area contributed by atoms with Gasteiger partial charge in [-0.05, 0) is 51.4 Å². The first-order chi connectivity index (χ1) is 10.8. The van der Waals surface area contributed by atoms with Gasteiger partial charge in [-0.1, -0.05) is 24.5 Å². The second-order valence-electron chi connectivity index (χ2n) is 8.66. The minimum Gasteiger partial charge on any atom is -0.368 e. The van der Waals surface area contributed by atoms with E-state index in [2.05, 4.69) is 13.1 Å². The maximum Gasteiger partial charge on any atom is 0.113 e. The Balaban J connectivity index is 1.53. The van der Waals surface area contributed by atoms with Gasteiger partial charge in [0.2, 0.25) is 0 Å². The number of likely N-dealkylation sites (N-methyl/N-ethyl adjacent to an activating group) is 1. The summed E-state index contributed by atoms with van der Waals surface area (Å²) in [6.07, 6.45) is 17.6. The van der Waals surface area contributed by atoms with E-state index in [1.54, 1.807) is 0 Å². The molecule has 0 radical (unpaired) electrons. The van der Waals surface area contributed by atoms with E-state index in [-0.39, 0.29) is 0 Å². The third-order valence-electron chi connectivity index (χ3n) is 6.97. The van der Waals surface area contributed by atoms with Gasteiger partial charge in [0.1, 0.15) is 12.6 Å². The summed E-state index contributed by atoms with van der Waals surface area (Å²) in [4.78, 5) is 0. The third kappa shape index (κ3) is 2.89. The highest BCUT2D eigenvalue weighted by molar-refractivity contribution is 5.20. The lowest BCUT2D eigenvalue weighted by Crippen LogP contribution is -2.57. The van der Waals surface area contributed by atoms with E-state index in [1.165, 1.54) is 88.3 Å². The molecular formula is C20H34NO+. The molecule has 0 bridgehead atoms. The summed E-state index contributed by atoms with van der Waals surface area (Å²) in [6.45, 7) is 4.02. The van der Waals surface area contributed by atoms with Crippen LogP contribution >= 0.6 is 0 Å². The van der Waals surface area contributed by atoms with Gasteiger partial charge in [0.25, 0.3) is 0 Å². The van der Waals surface area contributed by atoms with Crippen LogP contribution in [-0.4, -0.2) is 43.4 Å². The van der Waals surface area contributed by atoms with E-state index in [1.807, 2.05) is 5.57 Å². The molecule has 4 rings (SSSR count). The van der Waals surface area contributed by atoms with Gasteiger partial charge in [-0.2, -0.15) is 0 Å². The number of fused-ring (bicyclic) bond motifs is 3. The van der Waals surface area contributed by atoms with E-state index in [0.29, 0.717) is 12.2 Å². The van der Waals surface area contributed by atoms with E-state index < -0.39 is 0 Å². The van der Waals surface area contributed by atoms with Crippen molar-refractivity contribution in [3.63, 3.8) is 0 Å². The highest BCUT2D eigenvalue weighted by Crippen LogP contribution is 2.46. The molecule has 0 aromatic rings. The molecule has 4 aliphatic rings. The van der Waals surface area contributed by atoms with Crippen molar-refractivity contribution < 1.29 is 9.22 Å². The Bertz CT molecular complexity index is 423. The molecule has 2 aliphatic heterocycles. The summed E-state index contributed by atoms with van der Waals surface area (Å²) < 4.78 is 8.04. The van der Waals surface area contributed by atoms with E-state index in [9.17, 15) is 0 Å². The Hall–Kier alpha value is -0.340. The van der Waals surface area contributed by atoms with Crippen LogP contribution in [0, 0.1) is 11.8 Å². The van der Waals surface area contributed by atoms with Gasteiger partial charge < -0.3 is 9.22 Å². The first-order valence-corrected chi connectivity index (χ1v) is 9.94. The summed E-state index contributed by atoms with van der Waals surface area (Å²) in [5.74, 6) is 1.53. The lowest BCUT2D eigenvalue weighted by atomic mass is 9.69. The van der Waals surface area contributed by atoms with Gasteiger partial charge in [0.15, 0.2) is 0 Å². The van der Waals surface area contributed by atoms with Crippen molar-refractivity contribution in [3.05, 3.63) is 11.6 Å². The molecule has 4 atom stereocenters. The molecule has 0 aromatic heterocycles. The van der Waals surface area contributed by atoms with Gasteiger partial charge in [0, 0.05) is 11.8 Å². The van der Waals surface area contributed by atoms with Crippen molar-refractivity contribution in [1.82, 2.24) is 0 Å². The van der Waals surface area contributed by atoms with E-state index in [0.717, 1.165) is 11.8 Å². The number of piperidine rings is 1. The largest absolute Gasteiger partial charge is 0.368 e. The molecule has 2 heterocycles. The lowest BCUT2D eigenvalue weighted by Gasteiger charge is -2.50. The van der Waals surface area contributed by atoms with Gasteiger partial charge in [0.05, 0.1) is 26.2 Å². The molecule has 3 fully saturated rings. The van der Waals surface area contributed by atoms with Crippen molar-refractivity contribution in [2.24, 2.45) is 11.8 Å². The quantitative estimate of drug-likeness (QED) is 0.546. The zero-order valence-electron chi connectivity index (χ0n) is 14.4. The van der Waals surface area contributed by atoms with Crippen LogP contribution in [-0.2, 0) is 4.74 Å². The summed E-state index contributed by atoms with van der Waals surface area (Å²) in [5, 5.41) is 0. The van der Waals surface area contributed by atoms with Crippen molar-refractivity contribution in [2.75, 3.05) is 26.7 Å². The van der Waals surface area contributed by atoms with Gasteiger partial charge in [-0.25, -0.2) is 0 Å². The van der Waals surface area contributed by atoms with Gasteiger partial charge in [-0.15, -0.1) is 0 Å². The zero-order chi connectivity index (χ0) is 15.0. The minimum absolute atomic E-state index is 0.508. The molecule has 1 saturated carbocycles. The molecule has 0 aromatic carbocycles. The number of nitrogens with zero attached hydrogens (tertiary/aromatic N) is 1. The van der Waals surface area contributed by atoms with Crippen LogP contribution in [0.25, 0.3) is 0 Å². The number of hydrogen-bond donors (Lipinski definition) is 0. The second kappa shape index (κ2) is 6.28. The Morgan fingerprint density at radius 2 is 1.73 bits per heavy atom. The summed E-state index contributed by atoms with van der Waals surface area (Å²) in [7, 11) is 2.49. The van der Waals surface area contributed by atoms with Crippen molar-refractivity contribution in [2.45, 2.75) is 76.4 Å². The highest BCUT2D eigenvalue weighted by Gasteiger charge is 2.45. The Kier molecular flexibility index (Phi) is 4.34. The average Bonchev–Trinajstić information content (AvgIpc) is 2.55. The van der Waals surface area contributed by atoms with Crippen molar-refractivity contribution in [3.8, 4) is 0 Å². The van der Waals surface area contributed by atoms with Crippen LogP contribution < -0.4 is 0 Å². The highest BCUT2D eigenvalue weighted by atomic mass is 16.5. The van der Waals surface area contributed by atoms with E-state index in [4.69, 9.17) is 4.74 Å². The van der Waals surface area contributed by atoms with Crippen LogP contribution in [0.5, 0.6) is 0 Å². The number of rotatable bonds is 2. The molecule has 0 amide bonds. The van der Waals surface area contributed by atoms with Crippen LogP contribution in [0.15, 0.2) is 11.6 Å². The first kappa shape index (κ1) is 15.2. The number of likely N-dealkylation sites (tertiary alicyclic amines) is 1. The first-order valence-electron chi connectivity index (χ1n) is 9.94. The Labute approximate surface area is 136 Å². The molecule has 0 N–H and O–H groups in total. The lowest BCUT2D eigenvalue weighted by molar-refractivity contribution is -0.917. The van der Waals surface area contributed by atoms with Crippen molar-refractivity contribution in [1.29, 1.82) is 0 Å². The molecule has 124 valence electrons. The SMILES string of the molecule is C[N+]1(C[C@H]2O[C@H]3CCCC[C@H]3C3=CCCC[C@@H]32)CCCCC1. The molecule has 2 heteroatoms. The van der Waals surface area contributed by atoms with Gasteiger partial charge >= 0.3 is 0 Å². The third-order valence-corrected chi connectivity index (χ3v) is 6.97. The van der Waals surface area contributed by atoms with Crippen LogP contribution in [0.3, 0.4) is 0 Å². The molecule has 0 spiro atoms. The zero-order valence-corrected chi connectivity index (χ0v) is 14.4.